The van der Waals surface area contributed by atoms with Gasteiger partial charge in [0.25, 0.3) is 5.91 Å². The number of halogens is 1. The minimum absolute atomic E-state index is 0.179. The third-order valence-electron chi connectivity index (χ3n) is 3.21. The van der Waals surface area contributed by atoms with Crippen molar-refractivity contribution in [2.24, 2.45) is 5.10 Å². The molecule has 0 aromatic heterocycles. The lowest BCUT2D eigenvalue weighted by molar-refractivity contribution is -0.119. The first-order valence-corrected chi connectivity index (χ1v) is 7.72. The summed E-state index contributed by atoms with van der Waals surface area (Å²) in [5, 5.41) is 7.02. The molecule has 0 saturated heterocycles. The van der Waals surface area contributed by atoms with Gasteiger partial charge in [-0.15, -0.1) is 0 Å². The van der Waals surface area contributed by atoms with Crippen LogP contribution in [-0.4, -0.2) is 18.7 Å². The second-order valence-corrected chi connectivity index (χ2v) is 5.92. The number of rotatable bonds is 5. The lowest BCUT2D eigenvalue weighted by Crippen LogP contribution is -2.25. The Kier molecular flexibility index (Phi) is 5.72. The number of carbonyl (C=O) groups is 1. The molecule has 5 heteroatoms. The van der Waals surface area contributed by atoms with Crippen LogP contribution in [0.4, 0.5) is 5.69 Å². The first-order valence-electron chi connectivity index (χ1n) is 6.93. The van der Waals surface area contributed by atoms with Gasteiger partial charge in [0.05, 0.1) is 12.8 Å². The SMILES string of the molecule is Cc1ccc(NCC(=O)N/N=C\c2cccc(Br)c2)cc1C. The molecule has 114 valence electrons. The molecule has 1 amide bonds. The van der Waals surface area contributed by atoms with Gasteiger partial charge in [0.1, 0.15) is 0 Å². The van der Waals surface area contributed by atoms with Gasteiger partial charge >= 0.3 is 0 Å². The van der Waals surface area contributed by atoms with Gasteiger partial charge in [0.2, 0.25) is 0 Å². The minimum atomic E-state index is -0.190. The third kappa shape index (κ3) is 5.00. The average Bonchev–Trinajstić information content (AvgIpc) is 2.48. The topological polar surface area (TPSA) is 53.5 Å². The maximum atomic E-state index is 11.7. The highest BCUT2D eigenvalue weighted by Crippen LogP contribution is 2.13. The van der Waals surface area contributed by atoms with E-state index < -0.39 is 0 Å². The van der Waals surface area contributed by atoms with Gasteiger partial charge in [-0.2, -0.15) is 5.10 Å². The van der Waals surface area contributed by atoms with E-state index in [4.69, 9.17) is 0 Å². The Hall–Kier alpha value is -2.14. The molecule has 4 nitrogen and oxygen atoms in total. The number of carbonyl (C=O) groups excluding carboxylic acids is 1. The second kappa shape index (κ2) is 7.75. The van der Waals surface area contributed by atoms with Crippen LogP contribution in [0.1, 0.15) is 16.7 Å². The molecule has 0 aliphatic rings. The second-order valence-electron chi connectivity index (χ2n) is 5.00. The lowest BCUT2D eigenvalue weighted by atomic mass is 10.1. The first kappa shape index (κ1) is 16.2. The quantitative estimate of drug-likeness (QED) is 0.632. The lowest BCUT2D eigenvalue weighted by Gasteiger charge is -2.07. The molecule has 2 rings (SSSR count). The van der Waals surface area contributed by atoms with Crippen LogP contribution in [0.5, 0.6) is 0 Å². The molecule has 2 aromatic carbocycles. The third-order valence-corrected chi connectivity index (χ3v) is 3.70. The summed E-state index contributed by atoms with van der Waals surface area (Å²) in [6.45, 7) is 4.28. The van der Waals surface area contributed by atoms with Crippen molar-refractivity contribution in [3.05, 3.63) is 63.6 Å². The highest BCUT2D eigenvalue weighted by atomic mass is 79.9. The molecule has 0 atom stereocenters. The molecule has 0 saturated carbocycles. The summed E-state index contributed by atoms with van der Waals surface area (Å²) in [7, 11) is 0. The van der Waals surface area contributed by atoms with E-state index in [0.717, 1.165) is 15.7 Å². The van der Waals surface area contributed by atoms with Gasteiger partial charge in [-0.1, -0.05) is 34.1 Å². The molecule has 2 N–H and O–H groups in total. The molecule has 22 heavy (non-hydrogen) atoms. The highest BCUT2D eigenvalue weighted by Gasteiger charge is 2.00. The number of anilines is 1. The molecule has 0 bridgehead atoms. The van der Waals surface area contributed by atoms with E-state index in [1.54, 1.807) is 6.21 Å². The van der Waals surface area contributed by atoms with Crippen molar-refractivity contribution in [2.45, 2.75) is 13.8 Å². The number of benzene rings is 2. The van der Waals surface area contributed by atoms with E-state index in [1.807, 2.05) is 49.4 Å². The van der Waals surface area contributed by atoms with Crippen molar-refractivity contribution in [3.63, 3.8) is 0 Å². The molecule has 0 aliphatic carbocycles. The van der Waals surface area contributed by atoms with E-state index in [0.29, 0.717) is 0 Å². The van der Waals surface area contributed by atoms with Crippen molar-refractivity contribution in [1.82, 2.24) is 5.43 Å². The maximum Gasteiger partial charge on any atom is 0.259 e. The van der Waals surface area contributed by atoms with Crippen LogP contribution >= 0.6 is 15.9 Å². The Morgan fingerprint density at radius 1 is 1.18 bits per heavy atom. The summed E-state index contributed by atoms with van der Waals surface area (Å²) in [5.74, 6) is -0.190. The molecule has 0 heterocycles. The van der Waals surface area contributed by atoms with Gasteiger partial charge < -0.3 is 5.32 Å². The van der Waals surface area contributed by atoms with Crippen molar-refractivity contribution in [3.8, 4) is 0 Å². The number of hydrogen-bond acceptors (Lipinski definition) is 3. The number of amides is 1. The van der Waals surface area contributed by atoms with Gasteiger partial charge in [-0.05, 0) is 54.8 Å². The van der Waals surface area contributed by atoms with Crippen LogP contribution in [0.3, 0.4) is 0 Å². The van der Waals surface area contributed by atoms with Gasteiger partial charge in [-0.25, -0.2) is 5.43 Å². The van der Waals surface area contributed by atoms with Crippen LogP contribution in [-0.2, 0) is 4.79 Å². The van der Waals surface area contributed by atoms with E-state index in [-0.39, 0.29) is 12.5 Å². The number of nitrogens with zero attached hydrogens (tertiary/aromatic N) is 1. The van der Waals surface area contributed by atoms with Crippen LogP contribution < -0.4 is 10.7 Å². The summed E-state index contributed by atoms with van der Waals surface area (Å²) in [4.78, 5) is 11.7. The van der Waals surface area contributed by atoms with Crippen molar-refractivity contribution in [2.75, 3.05) is 11.9 Å². The zero-order chi connectivity index (χ0) is 15.9. The first-order chi connectivity index (χ1) is 10.5. The van der Waals surface area contributed by atoms with Gasteiger partial charge in [-0.3, -0.25) is 4.79 Å². The molecule has 0 radical (unpaired) electrons. The smallest absolute Gasteiger partial charge is 0.259 e. The number of hydrogen-bond donors (Lipinski definition) is 2. The maximum absolute atomic E-state index is 11.7. The van der Waals surface area contributed by atoms with Crippen molar-refractivity contribution in [1.29, 1.82) is 0 Å². The Bertz CT molecular complexity index is 698. The minimum Gasteiger partial charge on any atom is -0.376 e. The number of aryl methyl sites for hydroxylation is 2. The van der Waals surface area contributed by atoms with Crippen molar-refractivity contribution >= 4 is 33.7 Å². The molecular formula is C17H18BrN3O. The fraction of sp³-hybridized carbons (Fsp3) is 0.176. The zero-order valence-electron chi connectivity index (χ0n) is 12.6. The van der Waals surface area contributed by atoms with Crippen LogP contribution in [0.2, 0.25) is 0 Å². The fourth-order valence-corrected chi connectivity index (χ4v) is 2.26. The summed E-state index contributed by atoms with van der Waals surface area (Å²) in [6.07, 6.45) is 1.61. The summed E-state index contributed by atoms with van der Waals surface area (Å²) in [5.41, 5.74) is 6.76. The predicted molar refractivity (Wildman–Crippen MR) is 94.3 cm³/mol. The average molecular weight is 360 g/mol. The van der Waals surface area contributed by atoms with Crippen LogP contribution in [0, 0.1) is 13.8 Å². The van der Waals surface area contributed by atoms with E-state index in [2.05, 4.69) is 38.7 Å². The molecular weight excluding hydrogens is 342 g/mol. The molecule has 0 aliphatic heterocycles. The molecule has 0 spiro atoms. The van der Waals surface area contributed by atoms with E-state index in [9.17, 15) is 4.79 Å². The zero-order valence-corrected chi connectivity index (χ0v) is 14.1. The van der Waals surface area contributed by atoms with E-state index >= 15 is 0 Å². The summed E-state index contributed by atoms with van der Waals surface area (Å²) >= 11 is 3.39. The monoisotopic (exact) mass is 359 g/mol. The highest BCUT2D eigenvalue weighted by molar-refractivity contribution is 9.10. The Morgan fingerprint density at radius 3 is 2.73 bits per heavy atom. The van der Waals surface area contributed by atoms with Gasteiger partial charge in [0, 0.05) is 10.2 Å². The van der Waals surface area contributed by atoms with Crippen molar-refractivity contribution < 1.29 is 4.79 Å². The summed E-state index contributed by atoms with van der Waals surface area (Å²) in [6, 6.07) is 13.7. The Balaban J connectivity index is 1.81. The standard InChI is InChI=1S/C17H18BrN3O/c1-12-6-7-16(8-13(12)2)19-11-17(22)21-20-10-14-4-3-5-15(18)9-14/h3-10,19H,11H2,1-2H3,(H,21,22)/b20-10-. The molecule has 0 fully saturated rings. The summed E-state index contributed by atoms with van der Waals surface area (Å²) < 4.78 is 0.971. The van der Waals surface area contributed by atoms with Gasteiger partial charge in [0.15, 0.2) is 0 Å². The Morgan fingerprint density at radius 2 is 2.00 bits per heavy atom. The fourth-order valence-electron chi connectivity index (χ4n) is 1.84. The largest absolute Gasteiger partial charge is 0.376 e. The number of hydrazone groups is 1. The van der Waals surface area contributed by atoms with Crippen LogP contribution in [0.15, 0.2) is 52.0 Å². The normalized spacial score (nSPS) is 10.7. The molecule has 0 unspecified atom stereocenters. The molecule has 2 aromatic rings. The van der Waals surface area contributed by atoms with Crippen LogP contribution in [0.25, 0.3) is 0 Å². The Labute approximate surface area is 138 Å². The number of nitrogens with one attached hydrogen (secondary N) is 2. The predicted octanol–water partition coefficient (Wildman–Crippen LogP) is 3.63. The van der Waals surface area contributed by atoms with E-state index in [1.165, 1.54) is 11.1 Å².